The van der Waals surface area contributed by atoms with Crippen LogP contribution in [0.25, 0.3) is 0 Å². The first kappa shape index (κ1) is 9.43. The van der Waals surface area contributed by atoms with Gasteiger partial charge in [-0.1, -0.05) is 6.42 Å². The third-order valence-electron chi connectivity index (χ3n) is 3.59. The minimum atomic E-state index is 0.449. The van der Waals surface area contributed by atoms with Gasteiger partial charge in [-0.15, -0.1) is 0 Å². The first-order valence-corrected chi connectivity index (χ1v) is 5.86. The maximum absolute atomic E-state index is 5.35. The molecule has 0 bridgehead atoms. The van der Waals surface area contributed by atoms with Gasteiger partial charge in [0.2, 0.25) is 0 Å². The standard InChI is InChI=1S/C12H18N2O/c1-2-6-13-12(5-1)9-14(10-12)8-11-4-3-7-15-11/h3-4,7,13H,1-2,5-6,8-10H2. The molecule has 0 aromatic carbocycles. The highest BCUT2D eigenvalue weighted by Gasteiger charge is 2.43. The van der Waals surface area contributed by atoms with Gasteiger partial charge in [-0.05, 0) is 31.5 Å². The maximum Gasteiger partial charge on any atom is 0.117 e. The molecule has 1 aromatic rings. The molecule has 1 spiro atoms. The van der Waals surface area contributed by atoms with Crippen LogP contribution in [0.4, 0.5) is 0 Å². The summed E-state index contributed by atoms with van der Waals surface area (Å²) in [7, 11) is 0. The monoisotopic (exact) mass is 206 g/mol. The molecule has 2 aliphatic rings. The van der Waals surface area contributed by atoms with Crippen LogP contribution in [0.3, 0.4) is 0 Å². The maximum atomic E-state index is 5.35. The Labute approximate surface area is 90.4 Å². The Bertz CT molecular complexity index is 306. The minimum absolute atomic E-state index is 0.449. The number of likely N-dealkylation sites (tertiary alicyclic amines) is 1. The normalized spacial score (nSPS) is 25.3. The second kappa shape index (κ2) is 3.65. The van der Waals surface area contributed by atoms with E-state index in [1.54, 1.807) is 6.26 Å². The number of hydrogen-bond acceptors (Lipinski definition) is 3. The van der Waals surface area contributed by atoms with Gasteiger partial charge in [-0.3, -0.25) is 4.90 Å². The van der Waals surface area contributed by atoms with E-state index in [-0.39, 0.29) is 0 Å². The van der Waals surface area contributed by atoms with Crippen LogP contribution < -0.4 is 5.32 Å². The van der Waals surface area contributed by atoms with Gasteiger partial charge in [0.25, 0.3) is 0 Å². The number of nitrogens with zero attached hydrogens (tertiary/aromatic N) is 1. The lowest BCUT2D eigenvalue weighted by molar-refractivity contribution is 0.0118. The summed E-state index contributed by atoms with van der Waals surface area (Å²) in [6.45, 7) is 4.55. The Balaban J connectivity index is 1.53. The van der Waals surface area contributed by atoms with Crippen molar-refractivity contribution in [3.05, 3.63) is 24.2 Å². The number of piperidine rings is 1. The number of rotatable bonds is 2. The quantitative estimate of drug-likeness (QED) is 0.797. The molecule has 1 aromatic heterocycles. The van der Waals surface area contributed by atoms with Gasteiger partial charge in [-0.25, -0.2) is 0 Å². The molecular formula is C12H18N2O. The molecule has 2 saturated heterocycles. The van der Waals surface area contributed by atoms with Crippen molar-refractivity contribution in [2.45, 2.75) is 31.3 Å². The zero-order valence-electron chi connectivity index (χ0n) is 9.04. The lowest BCUT2D eigenvalue weighted by Gasteiger charge is -2.52. The second-order valence-electron chi connectivity index (χ2n) is 4.89. The second-order valence-corrected chi connectivity index (χ2v) is 4.89. The fourth-order valence-corrected chi connectivity index (χ4v) is 2.84. The summed E-state index contributed by atoms with van der Waals surface area (Å²) in [5.41, 5.74) is 0.449. The predicted molar refractivity (Wildman–Crippen MR) is 58.6 cm³/mol. The lowest BCUT2D eigenvalue weighted by Crippen LogP contribution is -2.69. The summed E-state index contributed by atoms with van der Waals surface area (Å²) in [6, 6.07) is 4.02. The fourth-order valence-electron chi connectivity index (χ4n) is 2.84. The molecule has 0 radical (unpaired) electrons. The van der Waals surface area contributed by atoms with Gasteiger partial charge in [0.15, 0.2) is 0 Å². The van der Waals surface area contributed by atoms with Crippen LogP contribution in [0.1, 0.15) is 25.0 Å². The van der Waals surface area contributed by atoms with E-state index in [1.807, 2.05) is 6.07 Å². The highest BCUT2D eigenvalue weighted by atomic mass is 16.3. The Morgan fingerprint density at radius 1 is 1.40 bits per heavy atom. The highest BCUT2D eigenvalue weighted by molar-refractivity contribution is 5.07. The molecule has 0 unspecified atom stereocenters. The van der Waals surface area contributed by atoms with Crippen LogP contribution in [0.2, 0.25) is 0 Å². The van der Waals surface area contributed by atoms with E-state index < -0.39 is 0 Å². The van der Waals surface area contributed by atoms with E-state index in [2.05, 4.69) is 16.3 Å². The zero-order valence-corrected chi connectivity index (χ0v) is 9.04. The van der Waals surface area contributed by atoms with Crippen molar-refractivity contribution >= 4 is 0 Å². The van der Waals surface area contributed by atoms with Gasteiger partial charge in [0, 0.05) is 18.6 Å². The van der Waals surface area contributed by atoms with Crippen molar-refractivity contribution in [1.82, 2.24) is 10.2 Å². The largest absolute Gasteiger partial charge is 0.468 e. The molecule has 82 valence electrons. The van der Waals surface area contributed by atoms with Gasteiger partial charge in [-0.2, -0.15) is 0 Å². The van der Waals surface area contributed by atoms with Gasteiger partial charge in [0.1, 0.15) is 5.76 Å². The number of hydrogen-bond donors (Lipinski definition) is 1. The zero-order chi connectivity index (χ0) is 10.1. The highest BCUT2D eigenvalue weighted by Crippen LogP contribution is 2.30. The van der Waals surface area contributed by atoms with Crippen molar-refractivity contribution in [3.63, 3.8) is 0 Å². The van der Waals surface area contributed by atoms with Crippen LogP contribution in [-0.2, 0) is 6.54 Å². The summed E-state index contributed by atoms with van der Waals surface area (Å²) < 4.78 is 5.35. The van der Waals surface area contributed by atoms with Crippen molar-refractivity contribution in [2.24, 2.45) is 0 Å². The molecule has 0 atom stereocenters. The Morgan fingerprint density at radius 2 is 2.33 bits per heavy atom. The summed E-state index contributed by atoms with van der Waals surface area (Å²) in [5, 5.41) is 3.67. The van der Waals surface area contributed by atoms with Crippen molar-refractivity contribution < 1.29 is 4.42 Å². The van der Waals surface area contributed by atoms with Crippen LogP contribution >= 0.6 is 0 Å². The van der Waals surface area contributed by atoms with E-state index in [4.69, 9.17) is 4.42 Å². The molecule has 3 heteroatoms. The van der Waals surface area contributed by atoms with Crippen LogP contribution in [-0.4, -0.2) is 30.1 Å². The lowest BCUT2D eigenvalue weighted by atomic mass is 9.82. The predicted octanol–water partition coefficient (Wildman–Crippen LogP) is 1.61. The Morgan fingerprint density at radius 3 is 3.00 bits per heavy atom. The SMILES string of the molecule is c1coc(CN2CC3(CCCCN3)C2)c1. The van der Waals surface area contributed by atoms with E-state index in [1.165, 1.54) is 38.9 Å². The van der Waals surface area contributed by atoms with E-state index in [9.17, 15) is 0 Å². The van der Waals surface area contributed by atoms with Gasteiger partial charge < -0.3 is 9.73 Å². The van der Waals surface area contributed by atoms with Crippen molar-refractivity contribution in [1.29, 1.82) is 0 Å². The molecular weight excluding hydrogens is 188 g/mol. The topological polar surface area (TPSA) is 28.4 Å². The molecule has 15 heavy (non-hydrogen) atoms. The van der Waals surface area contributed by atoms with E-state index in [0.29, 0.717) is 5.54 Å². The summed E-state index contributed by atoms with van der Waals surface area (Å²) >= 11 is 0. The van der Waals surface area contributed by atoms with Gasteiger partial charge in [0.05, 0.1) is 12.8 Å². The number of furan rings is 1. The molecule has 0 aliphatic carbocycles. The Kier molecular flexibility index (Phi) is 2.29. The summed E-state index contributed by atoms with van der Waals surface area (Å²) in [5.74, 6) is 1.08. The molecule has 3 nitrogen and oxygen atoms in total. The van der Waals surface area contributed by atoms with E-state index in [0.717, 1.165) is 12.3 Å². The van der Waals surface area contributed by atoms with Crippen molar-refractivity contribution in [2.75, 3.05) is 19.6 Å². The first-order valence-electron chi connectivity index (χ1n) is 5.86. The summed E-state index contributed by atoms with van der Waals surface area (Å²) in [4.78, 5) is 2.46. The number of nitrogens with one attached hydrogen (secondary N) is 1. The third-order valence-corrected chi connectivity index (χ3v) is 3.59. The fraction of sp³-hybridized carbons (Fsp3) is 0.667. The van der Waals surface area contributed by atoms with Gasteiger partial charge >= 0.3 is 0 Å². The third kappa shape index (κ3) is 1.82. The molecule has 2 fully saturated rings. The molecule has 3 heterocycles. The van der Waals surface area contributed by atoms with Crippen LogP contribution in [0.5, 0.6) is 0 Å². The molecule has 0 saturated carbocycles. The van der Waals surface area contributed by atoms with Crippen molar-refractivity contribution in [3.8, 4) is 0 Å². The molecule has 0 amide bonds. The molecule has 3 rings (SSSR count). The van der Waals surface area contributed by atoms with E-state index >= 15 is 0 Å². The molecule has 2 aliphatic heterocycles. The average Bonchev–Trinajstić information content (AvgIpc) is 2.70. The van der Waals surface area contributed by atoms with Crippen LogP contribution in [0, 0.1) is 0 Å². The smallest absolute Gasteiger partial charge is 0.117 e. The summed E-state index contributed by atoms with van der Waals surface area (Å²) in [6.07, 6.45) is 5.84. The molecule has 1 N–H and O–H groups in total. The average molecular weight is 206 g/mol. The van der Waals surface area contributed by atoms with Crippen LogP contribution in [0.15, 0.2) is 22.8 Å². The Hall–Kier alpha value is -0.800. The minimum Gasteiger partial charge on any atom is -0.468 e. The first-order chi connectivity index (χ1) is 7.36.